The van der Waals surface area contributed by atoms with E-state index in [9.17, 15) is 4.79 Å². The van der Waals surface area contributed by atoms with E-state index in [4.69, 9.17) is 4.74 Å². The molecule has 0 bridgehead atoms. The Morgan fingerprint density at radius 1 is 1.32 bits per heavy atom. The monoisotopic (exact) mass is 260 g/mol. The lowest BCUT2D eigenvalue weighted by molar-refractivity contribution is 0.111. The summed E-state index contributed by atoms with van der Waals surface area (Å²) in [5, 5.41) is 5.27. The number of ether oxygens (including phenoxy) is 1. The van der Waals surface area contributed by atoms with Crippen molar-refractivity contribution in [3.05, 3.63) is 23.9 Å². The molecule has 4 nitrogen and oxygen atoms in total. The predicted octanol–water partition coefficient (Wildman–Crippen LogP) is 3.44. The Balaban J connectivity index is 2.28. The van der Waals surface area contributed by atoms with Crippen molar-refractivity contribution in [1.29, 1.82) is 0 Å². The van der Waals surface area contributed by atoms with Crippen LogP contribution in [0.25, 0.3) is 10.9 Å². The summed E-state index contributed by atoms with van der Waals surface area (Å²) in [4.78, 5) is 11.1. The molecule has 1 aromatic heterocycles. The van der Waals surface area contributed by atoms with E-state index in [2.05, 4.69) is 12.0 Å². The molecule has 0 aliphatic carbocycles. The minimum absolute atomic E-state index is 0.508. The van der Waals surface area contributed by atoms with Crippen molar-refractivity contribution in [1.82, 2.24) is 9.78 Å². The lowest BCUT2D eigenvalue weighted by atomic mass is 10.2. The maximum atomic E-state index is 11.1. The summed E-state index contributed by atoms with van der Waals surface area (Å²) >= 11 is 0. The van der Waals surface area contributed by atoms with Crippen molar-refractivity contribution in [2.24, 2.45) is 0 Å². The van der Waals surface area contributed by atoms with Gasteiger partial charge in [-0.25, -0.2) is 0 Å². The molecule has 4 heteroatoms. The third kappa shape index (κ3) is 2.95. The molecular weight excluding hydrogens is 240 g/mol. The van der Waals surface area contributed by atoms with Gasteiger partial charge < -0.3 is 4.74 Å². The number of nitrogens with zero attached hydrogens (tertiary/aromatic N) is 2. The number of hydrogen-bond donors (Lipinski definition) is 0. The summed E-state index contributed by atoms with van der Waals surface area (Å²) in [6.45, 7) is 3.04. The van der Waals surface area contributed by atoms with Crippen LogP contribution in [0.1, 0.15) is 43.1 Å². The van der Waals surface area contributed by atoms with E-state index in [0.717, 1.165) is 35.9 Å². The number of unbranched alkanes of at least 4 members (excludes halogenated alkanes) is 3. The van der Waals surface area contributed by atoms with Crippen molar-refractivity contribution in [2.75, 3.05) is 7.11 Å². The molecule has 0 fully saturated rings. The highest BCUT2D eigenvalue weighted by Crippen LogP contribution is 2.23. The van der Waals surface area contributed by atoms with Gasteiger partial charge in [-0.05, 0) is 18.6 Å². The lowest BCUT2D eigenvalue weighted by Crippen LogP contribution is -2.00. The molecule has 0 radical (unpaired) electrons. The van der Waals surface area contributed by atoms with Gasteiger partial charge in [0, 0.05) is 18.0 Å². The molecule has 2 aromatic rings. The first-order valence-electron chi connectivity index (χ1n) is 6.80. The van der Waals surface area contributed by atoms with Gasteiger partial charge in [0.1, 0.15) is 11.4 Å². The molecule has 0 amide bonds. The van der Waals surface area contributed by atoms with Crippen LogP contribution in [-0.2, 0) is 6.54 Å². The van der Waals surface area contributed by atoms with E-state index < -0.39 is 0 Å². The summed E-state index contributed by atoms with van der Waals surface area (Å²) < 4.78 is 7.15. The van der Waals surface area contributed by atoms with Crippen LogP contribution in [0.5, 0.6) is 5.75 Å². The van der Waals surface area contributed by atoms with Crippen LogP contribution in [0.3, 0.4) is 0 Å². The maximum absolute atomic E-state index is 11.1. The van der Waals surface area contributed by atoms with E-state index in [1.54, 1.807) is 7.11 Å². The third-order valence-corrected chi connectivity index (χ3v) is 3.32. The van der Waals surface area contributed by atoms with E-state index in [-0.39, 0.29) is 0 Å². The fourth-order valence-corrected chi connectivity index (χ4v) is 2.25. The molecule has 19 heavy (non-hydrogen) atoms. The second kappa shape index (κ2) is 6.36. The number of aldehydes is 1. The number of rotatable bonds is 7. The van der Waals surface area contributed by atoms with Gasteiger partial charge in [0.05, 0.1) is 12.6 Å². The van der Waals surface area contributed by atoms with Crippen LogP contribution in [0.15, 0.2) is 18.2 Å². The highest BCUT2D eigenvalue weighted by atomic mass is 16.5. The molecule has 0 saturated heterocycles. The molecule has 0 aliphatic rings. The Morgan fingerprint density at radius 2 is 2.16 bits per heavy atom. The average Bonchev–Trinajstić information content (AvgIpc) is 2.81. The Bertz CT molecular complexity index is 561. The number of fused-ring (bicyclic) bond motifs is 1. The number of benzene rings is 1. The molecule has 0 spiro atoms. The van der Waals surface area contributed by atoms with Crippen molar-refractivity contribution < 1.29 is 9.53 Å². The summed E-state index contributed by atoms with van der Waals surface area (Å²) in [6.07, 6.45) is 5.55. The first-order valence-corrected chi connectivity index (χ1v) is 6.80. The topological polar surface area (TPSA) is 44.1 Å². The summed E-state index contributed by atoms with van der Waals surface area (Å²) in [7, 11) is 1.64. The molecule has 1 heterocycles. The summed E-state index contributed by atoms with van der Waals surface area (Å²) in [5.41, 5.74) is 1.48. The van der Waals surface area contributed by atoms with Crippen LogP contribution in [0.4, 0.5) is 0 Å². The van der Waals surface area contributed by atoms with Gasteiger partial charge in [-0.1, -0.05) is 26.2 Å². The van der Waals surface area contributed by atoms with Gasteiger partial charge in [-0.2, -0.15) is 5.10 Å². The molecule has 0 aliphatic heterocycles. The lowest BCUT2D eigenvalue weighted by Gasteiger charge is -2.04. The van der Waals surface area contributed by atoms with Gasteiger partial charge in [0.2, 0.25) is 0 Å². The van der Waals surface area contributed by atoms with Gasteiger partial charge in [0.25, 0.3) is 0 Å². The Hall–Kier alpha value is -1.84. The SMILES string of the molecule is CCCCCCn1nc(C=O)c2ccc(OC)cc21. The van der Waals surface area contributed by atoms with Crippen molar-refractivity contribution in [2.45, 2.75) is 39.2 Å². The zero-order valence-electron chi connectivity index (χ0n) is 11.6. The summed E-state index contributed by atoms with van der Waals surface area (Å²) in [5.74, 6) is 0.791. The van der Waals surface area contributed by atoms with Gasteiger partial charge in [-0.3, -0.25) is 9.48 Å². The normalized spacial score (nSPS) is 10.8. The standard InChI is InChI=1S/C15H20N2O2/c1-3-4-5-6-9-17-15-10-12(19-2)7-8-13(15)14(11-18)16-17/h7-8,10-11H,3-6,9H2,1-2H3. The second-order valence-corrected chi connectivity index (χ2v) is 4.67. The number of methoxy groups -OCH3 is 1. The van der Waals surface area contributed by atoms with Crippen molar-refractivity contribution in [3.8, 4) is 5.75 Å². The molecule has 102 valence electrons. The van der Waals surface area contributed by atoms with Crippen molar-refractivity contribution >= 4 is 17.2 Å². The zero-order valence-corrected chi connectivity index (χ0v) is 11.6. The van der Waals surface area contributed by atoms with Crippen LogP contribution >= 0.6 is 0 Å². The minimum Gasteiger partial charge on any atom is -0.497 e. The molecule has 0 saturated carbocycles. The fourth-order valence-electron chi connectivity index (χ4n) is 2.25. The fraction of sp³-hybridized carbons (Fsp3) is 0.467. The van der Waals surface area contributed by atoms with Crippen LogP contribution in [0.2, 0.25) is 0 Å². The van der Waals surface area contributed by atoms with E-state index in [1.165, 1.54) is 19.3 Å². The van der Waals surface area contributed by atoms with E-state index in [1.807, 2.05) is 22.9 Å². The van der Waals surface area contributed by atoms with Crippen LogP contribution < -0.4 is 4.74 Å². The summed E-state index contributed by atoms with van der Waals surface area (Å²) in [6, 6.07) is 5.70. The van der Waals surface area contributed by atoms with Crippen molar-refractivity contribution in [3.63, 3.8) is 0 Å². The number of aromatic nitrogens is 2. The maximum Gasteiger partial charge on any atom is 0.170 e. The minimum atomic E-state index is 0.508. The Kier molecular flexibility index (Phi) is 4.55. The molecule has 2 rings (SSSR count). The number of aryl methyl sites for hydroxylation is 1. The van der Waals surface area contributed by atoms with Gasteiger partial charge >= 0.3 is 0 Å². The molecule has 1 aromatic carbocycles. The predicted molar refractivity (Wildman–Crippen MR) is 75.8 cm³/mol. The molecule has 0 atom stereocenters. The average molecular weight is 260 g/mol. The molecule has 0 N–H and O–H groups in total. The second-order valence-electron chi connectivity index (χ2n) is 4.67. The molecular formula is C15H20N2O2. The first-order chi connectivity index (χ1) is 9.30. The van der Waals surface area contributed by atoms with Gasteiger partial charge in [0.15, 0.2) is 6.29 Å². The third-order valence-electron chi connectivity index (χ3n) is 3.32. The zero-order chi connectivity index (χ0) is 13.7. The quantitative estimate of drug-likeness (QED) is 0.566. The number of carbonyl (C=O) groups excluding carboxylic acids is 1. The van der Waals surface area contributed by atoms with E-state index in [0.29, 0.717) is 5.69 Å². The number of hydrogen-bond acceptors (Lipinski definition) is 3. The van der Waals surface area contributed by atoms with Crippen LogP contribution in [0, 0.1) is 0 Å². The smallest absolute Gasteiger partial charge is 0.170 e. The highest BCUT2D eigenvalue weighted by molar-refractivity contribution is 5.95. The van der Waals surface area contributed by atoms with Crippen LogP contribution in [-0.4, -0.2) is 23.2 Å². The number of carbonyl (C=O) groups is 1. The Morgan fingerprint density at radius 3 is 2.84 bits per heavy atom. The van der Waals surface area contributed by atoms with E-state index >= 15 is 0 Å². The first kappa shape index (κ1) is 13.6. The molecule has 0 unspecified atom stereocenters. The van der Waals surface area contributed by atoms with Gasteiger partial charge in [-0.15, -0.1) is 0 Å². The Labute approximate surface area is 113 Å². The largest absolute Gasteiger partial charge is 0.497 e. The highest BCUT2D eigenvalue weighted by Gasteiger charge is 2.10.